The van der Waals surface area contributed by atoms with Gasteiger partial charge < -0.3 is 10.6 Å². The van der Waals surface area contributed by atoms with Crippen molar-refractivity contribution >= 4 is 11.9 Å². The van der Waals surface area contributed by atoms with Crippen molar-refractivity contribution in [2.45, 2.75) is 39.0 Å². The topological polar surface area (TPSA) is 72.1 Å². The van der Waals surface area contributed by atoms with Gasteiger partial charge in [-0.2, -0.15) is 0 Å². The maximum Gasteiger partial charge on any atom is 0.226 e. The summed E-state index contributed by atoms with van der Waals surface area (Å²) in [7, 11) is 0. The van der Waals surface area contributed by atoms with E-state index < -0.39 is 0 Å². The molecule has 1 saturated heterocycles. The van der Waals surface area contributed by atoms with Crippen molar-refractivity contribution in [1.29, 1.82) is 0 Å². The van der Waals surface area contributed by atoms with Gasteiger partial charge in [-0.1, -0.05) is 13.8 Å². The highest BCUT2D eigenvalue weighted by molar-refractivity contribution is 5.82. The fraction of sp³-hybridized carbons (Fsp3) is 0.667. The first kappa shape index (κ1) is 13.3. The van der Waals surface area contributed by atoms with Gasteiger partial charge in [0.05, 0.1) is 0 Å². The summed E-state index contributed by atoms with van der Waals surface area (Å²) < 4.78 is 0. The average molecular weight is 274 g/mol. The van der Waals surface area contributed by atoms with Crippen molar-refractivity contribution in [3.05, 3.63) is 18.0 Å². The molecular weight excluding hydrogens is 252 g/mol. The number of aromatic nitrogens is 2. The second-order valence-electron chi connectivity index (χ2n) is 6.68. The van der Waals surface area contributed by atoms with Crippen LogP contribution in [0.3, 0.4) is 0 Å². The fourth-order valence-corrected chi connectivity index (χ4v) is 3.12. The first-order valence-electron chi connectivity index (χ1n) is 7.34. The number of piperidine rings is 1. The van der Waals surface area contributed by atoms with Crippen molar-refractivity contribution in [1.82, 2.24) is 14.9 Å². The van der Waals surface area contributed by atoms with E-state index in [2.05, 4.69) is 23.8 Å². The van der Waals surface area contributed by atoms with Crippen LogP contribution in [0.1, 0.15) is 44.7 Å². The lowest BCUT2D eigenvalue weighted by atomic mass is 9.93. The lowest BCUT2D eigenvalue weighted by molar-refractivity contribution is -0.134. The van der Waals surface area contributed by atoms with Gasteiger partial charge in [-0.25, -0.2) is 9.97 Å². The van der Waals surface area contributed by atoms with Crippen molar-refractivity contribution in [2.24, 2.45) is 11.3 Å². The minimum absolute atomic E-state index is 0.217. The van der Waals surface area contributed by atoms with Gasteiger partial charge in [0.2, 0.25) is 11.9 Å². The van der Waals surface area contributed by atoms with Gasteiger partial charge in [-0.3, -0.25) is 4.79 Å². The number of anilines is 1. The summed E-state index contributed by atoms with van der Waals surface area (Å²) >= 11 is 0. The summed E-state index contributed by atoms with van der Waals surface area (Å²) in [6.07, 6.45) is 4.68. The molecule has 1 aliphatic carbocycles. The molecule has 1 aromatic rings. The third kappa shape index (κ3) is 2.49. The number of hydrogen-bond acceptors (Lipinski definition) is 4. The van der Waals surface area contributed by atoms with Gasteiger partial charge in [0.15, 0.2) is 0 Å². The molecule has 2 aliphatic rings. The zero-order valence-corrected chi connectivity index (χ0v) is 12.2. The third-order valence-electron chi connectivity index (χ3n) is 4.73. The Bertz CT molecular complexity index is 520. The number of hydrogen-bond donors (Lipinski definition) is 1. The summed E-state index contributed by atoms with van der Waals surface area (Å²) in [4.78, 5) is 22.6. The number of rotatable bonds is 2. The van der Waals surface area contributed by atoms with Crippen LogP contribution in [-0.4, -0.2) is 33.9 Å². The number of likely N-dealkylation sites (tertiary alicyclic amines) is 1. The molecule has 1 saturated carbocycles. The minimum atomic E-state index is 0.217. The molecule has 3 rings (SSSR count). The van der Waals surface area contributed by atoms with E-state index in [0.29, 0.717) is 17.8 Å². The SMILES string of the molecule is CC1(C)C[C@@H]1C(=O)N1CCC(c2ccnc(N)n2)CC1. The van der Waals surface area contributed by atoms with Crippen LogP contribution in [0.15, 0.2) is 12.3 Å². The predicted octanol–water partition coefficient (Wildman–Crippen LogP) is 1.81. The molecule has 0 spiro atoms. The molecule has 1 aliphatic heterocycles. The van der Waals surface area contributed by atoms with Crippen LogP contribution in [0.2, 0.25) is 0 Å². The van der Waals surface area contributed by atoms with Crippen molar-refractivity contribution in [3.8, 4) is 0 Å². The number of amides is 1. The van der Waals surface area contributed by atoms with E-state index in [1.54, 1.807) is 6.20 Å². The Labute approximate surface area is 119 Å². The number of nitrogens with zero attached hydrogens (tertiary/aromatic N) is 3. The fourth-order valence-electron chi connectivity index (χ4n) is 3.12. The van der Waals surface area contributed by atoms with E-state index in [4.69, 9.17) is 5.73 Å². The van der Waals surface area contributed by atoms with Gasteiger partial charge >= 0.3 is 0 Å². The number of carbonyl (C=O) groups excluding carboxylic acids is 1. The highest BCUT2D eigenvalue weighted by Gasteiger charge is 2.52. The van der Waals surface area contributed by atoms with Crippen LogP contribution in [0, 0.1) is 11.3 Å². The average Bonchev–Trinajstić information content (AvgIpc) is 3.07. The van der Waals surface area contributed by atoms with Gasteiger partial charge in [-0.15, -0.1) is 0 Å². The van der Waals surface area contributed by atoms with Crippen LogP contribution < -0.4 is 5.73 Å². The van der Waals surface area contributed by atoms with E-state index in [0.717, 1.165) is 38.0 Å². The van der Waals surface area contributed by atoms with Crippen LogP contribution in [0.25, 0.3) is 0 Å². The molecular formula is C15H22N4O. The zero-order chi connectivity index (χ0) is 14.3. The molecule has 20 heavy (non-hydrogen) atoms. The molecule has 108 valence electrons. The molecule has 1 aromatic heterocycles. The Morgan fingerprint density at radius 1 is 1.40 bits per heavy atom. The second-order valence-corrected chi connectivity index (χ2v) is 6.68. The summed E-state index contributed by atoms with van der Waals surface area (Å²) in [5.74, 6) is 1.32. The quantitative estimate of drug-likeness (QED) is 0.892. The molecule has 0 unspecified atom stereocenters. The molecule has 2 heterocycles. The Morgan fingerprint density at radius 3 is 2.60 bits per heavy atom. The standard InChI is InChI=1S/C15H22N4O/c1-15(2)9-11(15)13(20)19-7-4-10(5-8-19)12-3-6-17-14(16)18-12/h3,6,10-11H,4-5,7-9H2,1-2H3,(H2,16,17,18)/t11-/m1/s1. The molecule has 0 radical (unpaired) electrons. The van der Waals surface area contributed by atoms with Crippen LogP contribution in [0.4, 0.5) is 5.95 Å². The maximum atomic E-state index is 12.4. The van der Waals surface area contributed by atoms with Crippen molar-refractivity contribution in [3.63, 3.8) is 0 Å². The van der Waals surface area contributed by atoms with E-state index in [1.807, 2.05) is 11.0 Å². The van der Waals surface area contributed by atoms with Crippen LogP contribution in [-0.2, 0) is 4.79 Å². The summed E-state index contributed by atoms with van der Waals surface area (Å²) in [6.45, 7) is 6.01. The van der Waals surface area contributed by atoms with Gasteiger partial charge in [-0.05, 0) is 30.7 Å². The number of nitrogens with two attached hydrogens (primary N) is 1. The number of nitrogen functional groups attached to an aromatic ring is 1. The van der Waals surface area contributed by atoms with Crippen molar-refractivity contribution < 1.29 is 4.79 Å². The van der Waals surface area contributed by atoms with E-state index >= 15 is 0 Å². The Kier molecular flexibility index (Phi) is 3.15. The predicted molar refractivity (Wildman–Crippen MR) is 76.9 cm³/mol. The minimum Gasteiger partial charge on any atom is -0.368 e. The lowest BCUT2D eigenvalue weighted by Gasteiger charge is -2.32. The molecule has 2 N–H and O–H groups in total. The Morgan fingerprint density at radius 2 is 2.05 bits per heavy atom. The first-order chi connectivity index (χ1) is 9.47. The van der Waals surface area contributed by atoms with Crippen LogP contribution in [0.5, 0.6) is 0 Å². The van der Waals surface area contributed by atoms with Gasteiger partial charge in [0.1, 0.15) is 0 Å². The summed E-state index contributed by atoms with van der Waals surface area (Å²) in [5, 5.41) is 0. The Balaban J connectivity index is 1.59. The van der Waals surface area contributed by atoms with Crippen LogP contribution >= 0.6 is 0 Å². The highest BCUT2D eigenvalue weighted by Crippen LogP contribution is 2.52. The highest BCUT2D eigenvalue weighted by atomic mass is 16.2. The Hall–Kier alpha value is -1.65. The molecule has 1 atom stereocenters. The maximum absolute atomic E-state index is 12.4. The smallest absolute Gasteiger partial charge is 0.226 e. The summed E-state index contributed by atoms with van der Waals surface area (Å²) in [5.41, 5.74) is 6.86. The van der Waals surface area contributed by atoms with Gasteiger partial charge in [0, 0.05) is 36.8 Å². The second kappa shape index (κ2) is 4.72. The van der Waals surface area contributed by atoms with E-state index in [-0.39, 0.29) is 11.3 Å². The largest absolute Gasteiger partial charge is 0.368 e. The number of carbonyl (C=O) groups is 1. The van der Waals surface area contributed by atoms with E-state index in [9.17, 15) is 4.79 Å². The first-order valence-corrected chi connectivity index (χ1v) is 7.34. The molecule has 0 aromatic carbocycles. The lowest BCUT2D eigenvalue weighted by Crippen LogP contribution is -2.39. The van der Waals surface area contributed by atoms with Crippen molar-refractivity contribution in [2.75, 3.05) is 18.8 Å². The summed E-state index contributed by atoms with van der Waals surface area (Å²) in [6, 6.07) is 1.93. The molecule has 2 fully saturated rings. The zero-order valence-electron chi connectivity index (χ0n) is 12.2. The molecule has 5 heteroatoms. The molecule has 0 bridgehead atoms. The van der Waals surface area contributed by atoms with E-state index in [1.165, 1.54) is 0 Å². The normalized spacial score (nSPS) is 25.5. The monoisotopic (exact) mass is 274 g/mol. The van der Waals surface area contributed by atoms with Gasteiger partial charge in [0.25, 0.3) is 0 Å². The molecule has 1 amide bonds. The third-order valence-corrected chi connectivity index (χ3v) is 4.73. The molecule has 5 nitrogen and oxygen atoms in total.